The zero-order valence-corrected chi connectivity index (χ0v) is 15.0. The van der Waals surface area contributed by atoms with E-state index in [-0.39, 0.29) is 11.5 Å². The van der Waals surface area contributed by atoms with Crippen molar-refractivity contribution in [2.24, 2.45) is 0 Å². The van der Waals surface area contributed by atoms with Gasteiger partial charge in [0.2, 0.25) is 0 Å². The fourth-order valence-corrected chi connectivity index (χ4v) is 3.58. The minimum atomic E-state index is -2.85. The molecule has 0 spiro atoms. The first-order chi connectivity index (χ1) is 12.7. The van der Waals surface area contributed by atoms with Crippen molar-refractivity contribution in [2.75, 3.05) is 18.8 Å². The fraction of sp³-hybridized carbons (Fsp3) is 0.471. The Hall–Kier alpha value is -2.18. The number of hydrogen-bond acceptors (Lipinski definition) is 6. The third-order valence-electron chi connectivity index (χ3n) is 4.10. The lowest BCUT2D eigenvalue weighted by Crippen LogP contribution is -2.30. The minimum Gasteiger partial charge on any atom is -0.435 e. The Kier molecular flexibility index (Phi) is 6.41. The molecule has 26 heavy (non-hydrogen) atoms. The van der Waals surface area contributed by atoms with Crippen LogP contribution in [-0.4, -0.2) is 45.1 Å². The van der Waals surface area contributed by atoms with Gasteiger partial charge in [-0.2, -0.15) is 14.0 Å². The van der Waals surface area contributed by atoms with Gasteiger partial charge in [-0.15, -0.1) is 10.2 Å². The van der Waals surface area contributed by atoms with Crippen LogP contribution in [0.15, 0.2) is 29.4 Å². The van der Waals surface area contributed by atoms with E-state index < -0.39 is 6.61 Å². The molecule has 1 aliphatic rings. The second-order valence-electron chi connectivity index (χ2n) is 5.89. The van der Waals surface area contributed by atoms with E-state index in [0.29, 0.717) is 11.7 Å². The summed E-state index contributed by atoms with van der Waals surface area (Å²) in [6.45, 7) is -0.147. The van der Waals surface area contributed by atoms with Gasteiger partial charge in [-0.25, -0.2) is 0 Å². The molecule has 1 fully saturated rings. The van der Waals surface area contributed by atoms with E-state index in [1.807, 2.05) is 4.57 Å². The summed E-state index contributed by atoms with van der Waals surface area (Å²) in [4.78, 5) is 2.33. The van der Waals surface area contributed by atoms with Gasteiger partial charge in [-0.05, 0) is 50.2 Å². The monoisotopic (exact) mass is 379 g/mol. The molecule has 0 bridgehead atoms. The van der Waals surface area contributed by atoms with E-state index in [1.54, 1.807) is 12.1 Å². The quantitative estimate of drug-likeness (QED) is 0.686. The molecule has 1 saturated heterocycles. The predicted octanol–water partition coefficient (Wildman–Crippen LogP) is 3.47. The molecule has 0 unspecified atom stereocenters. The predicted molar refractivity (Wildman–Crippen MR) is 93.5 cm³/mol. The molecule has 2 aromatic rings. The average Bonchev–Trinajstić information content (AvgIpc) is 3.03. The Bertz CT molecular complexity index is 754. The first-order valence-electron chi connectivity index (χ1n) is 8.39. The topological polar surface area (TPSA) is 67.0 Å². The van der Waals surface area contributed by atoms with Crippen LogP contribution in [0.4, 0.5) is 8.78 Å². The summed E-state index contributed by atoms with van der Waals surface area (Å²) < 4.78 is 31.0. The van der Waals surface area contributed by atoms with Crippen molar-refractivity contribution >= 4 is 11.8 Å². The summed E-state index contributed by atoms with van der Waals surface area (Å²) in [5, 5.41) is 18.0. The number of nitrogens with zero attached hydrogens (tertiary/aromatic N) is 5. The highest BCUT2D eigenvalue weighted by molar-refractivity contribution is 7.99. The van der Waals surface area contributed by atoms with E-state index in [2.05, 4.69) is 25.9 Å². The van der Waals surface area contributed by atoms with E-state index >= 15 is 0 Å². The maximum atomic E-state index is 12.3. The third-order valence-corrected chi connectivity index (χ3v) is 4.90. The molecule has 1 aliphatic heterocycles. The molecule has 0 atom stereocenters. The lowest BCUT2D eigenvalue weighted by Gasteiger charge is -2.26. The Balaban J connectivity index is 1.86. The van der Waals surface area contributed by atoms with Gasteiger partial charge in [0, 0.05) is 5.69 Å². The van der Waals surface area contributed by atoms with Crippen molar-refractivity contribution in [1.82, 2.24) is 19.7 Å². The maximum absolute atomic E-state index is 12.3. The van der Waals surface area contributed by atoms with Crippen molar-refractivity contribution in [2.45, 2.75) is 37.6 Å². The lowest BCUT2D eigenvalue weighted by molar-refractivity contribution is -0.0498. The van der Waals surface area contributed by atoms with Gasteiger partial charge in [0.05, 0.1) is 18.4 Å². The number of alkyl halides is 2. The Morgan fingerprint density at radius 1 is 1.15 bits per heavy atom. The molecule has 0 aliphatic carbocycles. The standard InChI is InChI=1S/C17H19F2N5OS/c18-16(19)25-14-6-4-13(5-7-14)24-15(12-23-9-2-1-3-10-23)21-22-17(24)26-11-8-20/h4-7,16H,1-3,9-12H2. The number of ether oxygens (including phenoxy) is 1. The first-order valence-corrected chi connectivity index (χ1v) is 9.37. The van der Waals surface area contributed by atoms with Gasteiger partial charge in [-0.3, -0.25) is 9.47 Å². The first kappa shape index (κ1) is 18.6. The SMILES string of the molecule is N#CCSc1nnc(CN2CCCCC2)n1-c1ccc(OC(F)F)cc1. The van der Waals surface area contributed by atoms with Crippen molar-refractivity contribution in [3.8, 4) is 17.5 Å². The second-order valence-corrected chi connectivity index (χ2v) is 6.83. The largest absolute Gasteiger partial charge is 0.435 e. The molecule has 0 radical (unpaired) electrons. The summed E-state index contributed by atoms with van der Waals surface area (Å²) in [5.41, 5.74) is 0.754. The summed E-state index contributed by atoms with van der Waals surface area (Å²) in [6.07, 6.45) is 3.59. The molecular weight excluding hydrogens is 360 g/mol. The number of rotatable bonds is 7. The zero-order chi connectivity index (χ0) is 18.4. The minimum absolute atomic E-state index is 0.0978. The third kappa shape index (κ3) is 4.71. The van der Waals surface area contributed by atoms with E-state index in [9.17, 15) is 8.78 Å². The highest BCUT2D eigenvalue weighted by atomic mass is 32.2. The van der Waals surface area contributed by atoms with Gasteiger partial charge in [0.15, 0.2) is 11.0 Å². The summed E-state index contributed by atoms with van der Waals surface area (Å²) in [7, 11) is 0. The highest BCUT2D eigenvalue weighted by Gasteiger charge is 2.19. The number of nitriles is 1. The molecule has 6 nitrogen and oxygen atoms in total. The van der Waals surface area contributed by atoms with Crippen molar-refractivity contribution in [1.29, 1.82) is 5.26 Å². The Morgan fingerprint density at radius 2 is 1.88 bits per heavy atom. The van der Waals surface area contributed by atoms with Gasteiger partial charge in [-0.1, -0.05) is 18.2 Å². The van der Waals surface area contributed by atoms with E-state index in [4.69, 9.17) is 5.26 Å². The number of halogens is 2. The molecule has 9 heteroatoms. The van der Waals surface area contributed by atoms with Crippen LogP contribution in [0.25, 0.3) is 5.69 Å². The molecule has 2 heterocycles. The molecule has 0 saturated carbocycles. The number of thioether (sulfide) groups is 1. The second kappa shape index (κ2) is 8.96. The van der Waals surface area contributed by atoms with Crippen LogP contribution in [-0.2, 0) is 6.54 Å². The average molecular weight is 379 g/mol. The van der Waals surface area contributed by atoms with Crippen LogP contribution in [0.5, 0.6) is 5.75 Å². The molecule has 3 rings (SSSR count). The number of piperidine rings is 1. The lowest BCUT2D eigenvalue weighted by atomic mass is 10.1. The van der Waals surface area contributed by atoms with Crippen LogP contribution >= 0.6 is 11.8 Å². The van der Waals surface area contributed by atoms with Gasteiger partial charge in [0.25, 0.3) is 0 Å². The Morgan fingerprint density at radius 3 is 2.54 bits per heavy atom. The van der Waals surface area contributed by atoms with Crippen molar-refractivity contribution in [3.63, 3.8) is 0 Å². The number of hydrogen-bond donors (Lipinski definition) is 0. The van der Waals surface area contributed by atoms with E-state index in [1.165, 1.54) is 43.2 Å². The Labute approximate surface area is 154 Å². The van der Waals surface area contributed by atoms with Gasteiger partial charge >= 0.3 is 6.61 Å². The fourth-order valence-electron chi connectivity index (χ4n) is 2.95. The summed E-state index contributed by atoms with van der Waals surface area (Å²) in [6, 6.07) is 8.45. The van der Waals surface area contributed by atoms with Crippen LogP contribution in [0, 0.1) is 11.3 Å². The van der Waals surface area contributed by atoms with Crippen molar-refractivity contribution in [3.05, 3.63) is 30.1 Å². The molecule has 1 aromatic carbocycles. The number of likely N-dealkylation sites (tertiary alicyclic amines) is 1. The molecule has 1 aromatic heterocycles. The van der Waals surface area contributed by atoms with Crippen LogP contribution < -0.4 is 4.74 Å². The van der Waals surface area contributed by atoms with Crippen LogP contribution in [0.1, 0.15) is 25.1 Å². The number of benzene rings is 1. The number of aromatic nitrogens is 3. The van der Waals surface area contributed by atoms with Crippen molar-refractivity contribution < 1.29 is 13.5 Å². The van der Waals surface area contributed by atoms with Crippen LogP contribution in [0.2, 0.25) is 0 Å². The zero-order valence-electron chi connectivity index (χ0n) is 14.1. The van der Waals surface area contributed by atoms with E-state index in [0.717, 1.165) is 24.6 Å². The summed E-state index contributed by atoms with van der Waals surface area (Å²) in [5.74, 6) is 1.13. The summed E-state index contributed by atoms with van der Waals surface area (Å²) >= 11 is 1.30. The molecular formula is C17H19F2N5OS. The maximum Gasteiger partial charge on any atom is 0.387 e. The smallest absolute Gasteiger partial charge is 0.387 e. The molecule has 0 amide bonds. The van der Waals surface area contributed by atoms with Crippen LogP contribution in [0.3, 0.4) is 0 Å². The molecule has 138 valence electrons. The highest BCUT2D eigenvalue weighted by Crippen LogP contribution is 2.25. The molecule has 0 N–H and O–H groups in total. The van der Waals surface area contributed by atoms with Gasteiger partial charge in [0.1, 0.15) is 5.75 Å². The normalized spacial score (nSPS) is 15.2. The van der Waals surface area contributed by atoms with Gasteiger partial charge < -0.3 is 4.74 Å².